The van der Waals surface area contributed by atoms with Gasteiger partial charge in [-0.2, -0.15) is 5.26 Å². The van der Waals surface area contributed by atoms with Crippen LogP contribution in [-0.2, 0) is 0 Å². The largest absolute Gasteiger partial charge is 0.496 e. The van der Waals surface area contributed by atoms with Crippen LogP contribution in [-0.4, -0.2) is 25.5 Å². The average molecular weight is 358 g/mol. The van der Waals surface area contributed by atoms with Crippen molar-refractivity contribution in [2.75, 3.05) is 19.0 Å². The Morgan fingerprint density at radius 1 is 1.16 bits per heavy atom. The normalized spacial score (nSPS) is 9.80. The number of amides is 2. The van der Waals surface area contributed by atoms with Crippen LogP contribution in [0.2, 0.25) is 5.02 Å². The van der Waals surface area contributed by atoms with E-state index in [9.17, 15) is 9.59 Å². The zero-order chi connectivity index (χ0) is 18.2. The topological polar surface area (TPSA) is 91.2 Å². The number of methoxy groups -OCH3 is 1. The van der Waals surface area contributed by atoms with E-state index in [1.807, 2.05) is 6.07 Å². The zero-order valence-electron chi connectivity index (χ0n) is 13.5. The number of ether oxygens (including phenoxy) is 1. The van der Waals surface area contributed by atoms with Crippen LogP contribution in [0.25, 0.3) is 0 Å². The fourth-order valence-electron chi connectivity index (χ4n) is 2.09. The number of anilines is 1. The summed E-state index contributed by atoms with van der Waals surface area (Å²) in [6.45, 7) is 0.244. The molecule has 0 aliphatic rings. The van der Waals surface area contributed by atoms with E-state index < -0.39 is 5.91 Å². The van der Waals surface area contributed by atoms with Crippen molar-refractivity contribution >= 4 is 29.1 Å². The lowest BCUT2D eigenvalue weighted by Gasteiger charge is -2.11. The van der Waals surface area contributed by atoms with Crippen LogP contribution < -0.4 is 15.4 Å². The number of halogens is 1. The minimum atomic E-state index is -0.411. The van der Waals surface area contributed by atoms with Crippen LogP contribution in [0.15, 0.2) is 42.5 Å². The van der Waals surface area contributed by atoms with E-state index >= 15 is 0 Å². The molecule has 25 heavy (non-hydrogen) atoms. The van der Waals surface area contributed by atoms with Gasteiger partial charge in [-0.1, -0.05) is 11.6 Å². The molecular formula is C18H16ClN3O3. The molecule has 2 amide bonds. The Bertz CT molecular complexity index is 813. The van der Waals surface area contributed by atoms with Gasteiger partial charge in [0.05, 0.1) is 25.2 Å². The summed E-state index contributed by atoms with van der Waals surface area (Å²) in [5.41, 5.74) is 1.10. The molecule has 2 N–H and O–H groups in total. The van der Waals surface area contributed by atoms with Crippen molar-refractivity contribution in [3.05, 3.63) is 58.6 Å². The van der Waals surface area contributed by atoms with E-state index in [2.05, 4.69) is 10.6 Å². The molecule has 0 aliphatic carbocycles. The Hall–Kier alpha value is -3.04. The number of carbonyl (C=O) groups is 2. The highest BCUT2D eigenvalue weighted by Crippen LogP contribution is 2.22. The van der Waals surface area contributed by atoms with E-state index in [1.54, 1.807) is 36.4 Å². The maximum Gasteiger partial charge on any atom is 0.259 e. The van der Waals surface area contributed by atoms with E-state index in [-0.39, 0.29) is 24.4 Å². The fourth-order valence-corrected chi connectivity index (χ4v) is 2.22. The first-order valence-corrected chi connectivity index (χ1v) is 7.83. The summed E-state index contributed by atoms with van der Waals surface area (Å²) >= 11 is 5.82. The number of hydrogen-bond donors (Lipinski definition) is 2. The Labute approximate surface area is 150 Å². The summed E-state index contributed by atoms with van der Waals surface area (Å²) in [5.74, 6) is -0.427. The fraction of sp³-hybridized carbons (Fsp3) is 0.167. The molecule has 0 unspecified atom stereocenters. The molecule has 6 nitrogen and oxygen atoms in total. The third-order valence-corrected chi connectivity index (χ3v) is 3.58. The van der Waals surface area contributed by atoms with Crippen molar-refractivity contribution in [2.45, 2.75) is 6.42 Å². The molecule has 0 bridgehead atoms. The number of rotatable bonds is 6. The predicted molar refractivity (Wildman–Crippen MR) is 95.0 cm³/mol. The standard InChI is InChI=1S/C18H16ClN3O3/c1-25-16-8-3-12(17(23)21-10-2-9-20)11-15(16)18(24)22-14-6-4-13(19)5-7-14/h3-8,11H,2,10H2,1H3,(H,21,23)(H,22,24). The number of nitrogens with zero attached hydrogens (tertiary/aromatic N) is 1. The van der Waals surface area contributed by atoms with Crippen LogP contribution in [0.4, 0.5) is 5.69 Å². The third-order valence-electron chi connectivity index (χ3n) is 3.33. The van der Waals surface area contributed by atoms with Gasteiger partial charge in [-0.05, 0) is 42.5 Å². The van der Waals surface area contributed by atoms with Crippen LogP contribution in [0.1, 0.15) is 27.1 Å². The van der Waals surface area contributed by atoms with Crippen molar-refractivity contribution in [3.63, 3.8) is 0 Å². The molecule has 2 aromatic rings. The van der Waals surface area contributed by atoms with Crippen LogP contribution in [0.3, 0.4) is 0 Å². The van der Waals surface area contributed by atoms with Gasteiger partial charge in [-0.25, -0.2) is 0 Å². The molecule has 0 radical (unpaired) electrons. The summed E-state index contributed by atoms with van der Waals surface area (Å²) in [5, 5.41) is 14.4. The minimum Gasteiger partial charge on any atom is -0.496 e. The molecule has 0 fully saturated rings. The summed E-state index contributed by atoms with van der Waals surface area (Å²) in [7, 11) is 1.45. The molecule has 0 aromatic heterocycles. The Morgan fingerprint density at radius 2 is 1.88 bits per heavy atom. The van der Waals surface area contributed by atoms with Crippen LogP contribution in [0.5, 0.6) is 5.75 Å². The molecule has 2 rings (SSSR count). The predicted octanol–water partition coefficient (Wildman–Crippen LogP) is 3.24. The lowest BCUT2D eigenvalue weighted by molar-refractivity contribution is 0.0954. The first-order valence-electron chi connectivity index (χ1n) is 7.45. The number of nitrogens with one attached hydrogen (secondary N) is 2. The molecule has 0 heterocycles. The summed E-state index contributed by atoms with van der Waals surface area (Å²) in [4.78, 5) is 24.6. The smallest absolute Gasteiger partial charge is 0.259 e. The van der Waals surface area contributed by atoms with Crippen molar-refractivity contribution in [1.82, 2.24) is 5.32 Å². The Kier molecular flexibility index (Phi) is 6.38. The Balaban J connectivity index is 2.21. The van der Waals surface area contributed by atoms with Gasteiger partial charge in [0.15, 0.2) is 0 Å². The van der Waals surface area contributed by atoms with Gasteiger partial charge in [0.25, 0.3) is 11.8 Å². The molecule has 2 aromatic carbocycles. The van der Waals surface area contributed by atoms with Gasteiger partial charge in [0.1, 0.15) is 5.75 Å². The van der Waals surface area contributed by atoms with Crippen molar-refractivity contribution in [2.24, 2.45) is 0 Å². The SMILES string of the molecule is COc1ccc(C(=O)NCCC#N)cc1C(=O)Nc1ccc(Cl)cc1. The van der Waals surface area contributed by atoms with Crippen LogP contribution >= 0.6 is 11.6 Å². The molecule has 0 aliphatic heterocycles. The van der Waals surface area contributed by atoms with Crippen molar-refractivity contribution in [1.29, 1.82) is 5.26 Å². The van der Waals surface area contributed by atoms with Gasteiger partial charge >= 0.3 is 0 Å². The van der Waals surface area contributed by atoms with E-state index in [0.717, 1.165) is 0 Å². The number of carbonyl (C=O) groups excluding carboxylic acids is 2. The zero-order valence-corrected chi connectivity index (χ0v) is 14.3. The highest BCUT2D eigenvalue weighted by Gasteiger charge is 2.16. The number of nitriles is 1. The molecular weight excluding hydrogens is 342 g/mol. The number of hydrogen-bond acceptors (Lipinski definition) is 4. The first-order chi connectivity index (χ1) is 12.0. The van der Waals surface area contributed by atoms with Gasteiger partial charge in [0.2, 0.25) is 0 Å². The lowest BCUT2D eigenvalue weighted by Crippen LogP contribution is -2.24. The maximum atomic E-state index is 12.5. The molecule has 0 atom stereocenters. The monoisotopic (exact) mass is 357 g/mol. The highest BCUT2D eigenvalue weighted by atomic mass is 35.5. The van der Waals surface area contributed by atoms with Crippen LogP contribution in [0, 0.1) is 11.3 Å². The van der Waals surface area contributed by atoms with Crippen molar-refractivity contribution in [3.8, 4) is 11.8 Å². The summed E-state index contributed by atoms with van der Waals surface area (Å²) in [6.07, 6.45) is 0.214. The second-order valence-electron chi connectivity index (χ2n) is 5.04. The second-order valence-corrected chi connectivity index (χ2v) is 5.48. The van der Waals surface area contributed by atoms with Gasteiger partial charge in [-0.3, -0.25) is 9.59 Å². The van der Waals surface area contributed by atoms with E-state index in [0.29, 0.717) is 22.0 Å². The van der Waals surface area contributed by atoms with Gasteiger partial charge in [0, 0.05) is 22.8 Å². The average Bonchev–Trinajstić information content (AvgIpc) is 2.63. The first kappa shape index (κ1) is 18.3. The molecule has 0 spiro atoms. The number of benzene rings is 2. The minimum absolute atomic E-state index is 0.214. The van der Waals surface area contributed by atoms with Gasteiger partial charge < -0.3 is 15.4 Å². The van der Waals surface area contributed by atoms with Gasteiger partial charge in [-0.15, -0.1) is 0 Å². The third kappa shape index (κ3) is 4.96. The maximum absolute atomic E-state index is 12.5. The summed E-state index contributed by atoms with van der Waals surface area (Å²) in [6, 6.07) is 13.2. The molecule has 128 valence electrons. The lowest BCUT2D eigenvalue weighted by atomic mass is 10.1. The molecule has 0 saturated heterocycles. The molecule has 0 saturated carbocycles. The van der Waals surface area contributed by atoms with Crippen molar-refractivity contribution < 1.29 is 14.3 Å². The summed E-state index contributed by atoms with van der Waals surface area (Å²) < 4.78 is 5.20. The Morgan fingerprint density at radius 3 is 2.52 bits per heavy atom. The van der Waals surface area contributed by atoms with E-state index in [1.165, 1.54) is 13.2 Å². The quantitative estimate of drug-likeness (QED) is 0.776. The second kappa shape index (κ2) is 8.71. The highest BCUT2D eigenvalue weighted by molar-refractivity contribution is 6.30. The van der Waals surface area contributed by atoms with E-state index in [4.69, 9.17) is 21.6 Å². The molecule has 7 heteroatoms.